The molecule has 2 fully saturated rings. The van der Waals surface area contributed by atoms with Crippen LogP contribution >= 0.6 is 11.6 Å². The van der Waals surface area contributed by atoms with E-state index in [1.54, 1.807) is 42.9 Å². The Morgan fingerprint density at radius 3 is 2.81 bits per heavy atom. The molecule has 2 aliphatic rings. The zero-order valence-corrected chi connectivity index (χ0v) is 18.3. The van der Waals surface area contributed by atoms with E-state index in [-0.39, 0.29) is 6.61 Å². The fourth-order valence-electron chi connectivity index (χ4n) is 3.99. The van der Waals surface area contributed by atoms with Crippen LogP contribution in [0.4, 0.5) is 0 Å². The van der Waals surface area contributed by atoms with Gasteiger partial charge in [0, 0.05) is 12.7 Å². The Bertz CT molecular complexity index is 966. The first-order chi connectivity index (χ1) is 14.7. The number of rotatable bonds is 5. The number of aliphatic carboxylic acids is 1. The van der Waals surface area contributed by atoms with Crippen molar-refractivity contribution in [2.45, 2.75) is 50.1 Å². The number of ether oxygens (including phenoxy) is 5. The van der Waals surface area contributed by atoms with Gasteiger partial charge in [0.2, 0.25) is 0 Å². The van der Waals surface area contributed by atoms with Crippen LogP contribution in [-0.2, 0) is 23.7 Å². The van der Waals surface area contributed by atoms with Crippen LogP contribution in [0.1, 0.15) is 19.9 Å². The third-order valence-corrected chi connectivity index (χ3v) is 5.76. The van der Waals surface area contributed by atoms with E-state index in [4.69, 9.17) is 35.3 Å². The predicted molar refractivity (Wildman–Crippen MR) is 108 cm³/mol. The minimum absolute atomic E-state index is 0.185. The number of fused-ring (bicyclic) bond motifs is 1. The van der Waals surface area contributed by atoms with E-state index in [2.05, 4.69) is 10.3 Å². The molecule has 2 saturated heterocycles. The summed E-state index contributed by atoms with van der Waals surface area (Å²) in [5.41, 5.74) is 1.30. The predicted octanol–water partition coefficient (Wildman–Crippen LogP) is 2.17. The highest BCUT2D eigenvalue weighted by molar-refractivity contribution is 6.32. The van der Waals surface area contributed by atoms with Crippen LogP contribution in [0.3, 0.4) is 0 Å². The quantitative estimate of drug-likeness (QED) is 0.727. The number of carboxylic acids is 1. The molecule has 0 unspecified atom stereocenters. The van der Waals surface area contributed by atoms with Gasteiger partial charge in [-0.05, 0) is 26.0 Å². The maximum atomic E-state index is 11.9. The molecule has 0 amide bonds. The minimum Gasteiger partial charge on any atom is -0.495 e. The SMILES string of the molecule is COc1cc(-c2cn([C@H]3[C@H]4OC(C)(C)OC[C@H]4O[C@@H](C(=O)O)[C@@H]3OC)nn2)ccc1Cl. The molecule has 0 saturated carbocycles. The van der Waals surface area contributed by atoms with Gasteiger partial charge in [0.15, 0.2) is 11.9 Å². The number of hydrogen-bond donors (Lipinski definition) is 1. The first kappa shape index (κ1) is 22.0. The molecule has 11 heteroatoms. The van der Waals surface area contributed by atoms with Gasteiger partial charge in [-0.15, -0.1) is 5.10 Å². The zero-order chi connectivity index (χ0) is 22.3. The fourth-order valence-corrected chi connectivity index (χ4v) is 4.18. The number of hydrogen-bond acceptors (Lipinski definition) is 8. The smallest absolute Gasteiger partial charge is 0.335 e. The number of benzene rings is 1. The van der Waals surface area contributed by atoms with Gasteiger partial charge in [0.05, 0.1) is 24.9 Å². The molecule has 2 aromatic rings. The molecule has 31 heavy (non-hydrogen) atoms. The third-order valence-electron chi connectivity index (χ3n) is 5.45. The van der Waals surface area contributed by atoms with Crippen LogP contribution in [0.2, 0.25) is 5.02 Å². The fraction of sp³-hybridized carbons (Fsp3) is 0.550. The average Bonchev–Trinajstić information content (AvgIpc) is 3.21. The van der Waals surface area contributed by atoms with E-state index in [1.165, 1.54) is 14.2 Å². The van der Waals surface area contributed by atoms with Gasteiger partial charge in [0.25, 0.3) is 0 Å². The summed E-state index contributed by atoms with van der Waals surface area (Å²) < 4.78 is 30.0. The Morgan fingerprint density at radius 1 is 1.35 bits per heavy atom. The molecule has 0 bridgehead atoms. The van der Waals surface area contributed by atoms with E-state index >= 15 is 0 Å². The van der Waals surface area contributed by atoms with Crippen LogP contribution in [-0.4, -0.2) is 77.1 Å². The minimum atomic E-state index is -1.21. The van der Waals surface area contributed by atoms with E-state index in [1.807, 2.05) is 0 Å². The van der Waals surface area contributed by atoms with E-state index in [9.17, 15) is 9.90 Å². The van der Waals surface area contributed by atoms with Gasteiger partial charge >= 0.3 is 5.97 Å². The van der Waals surface area contributed by atoms with E-state index in [0.29, 0.717) is 16.5 Å². The van der Waals surface area contributed by atoms with Crippen molar-refractivity contribution in [3.8, 4) is 17.0 Å². The van der Waals surface area contributed by atoms with Crippen LogP contribution in [0.5, 0.6) is 5.75 Å². The summed E-state index contributed by atoms with van der Waals surface area (Å²) in [6, 6.07) is 4.66. The second kappa shape index (κ2) is 8.36. The molecule has 4 rings (SSSR count). The Hall–Kier alpha value is -2.24. The van der Waals surface area contributed by atoms with Gasteiger partial charge in [0.1, 0.15) is 35.8 Å². The summed E-state index contributed by atoms with van der Waals surface area (Å²) in [5.74, 6) is -1.50. The summed E-state index contributed by atoms with van der Waals surface area (Å²) >= 11 is 6.12. The lowest BCUT2D eigenvalue weighted by Gasteiger charge is -2.50. The highest BCUT2D eigenvalue weighted by Crippen LogP contribution is 2.39. The summed E-state index contributed by atoms with van der Waals surface area (Å²) in [6.45, 7) is 3.76. The molecule has 0 aliphatic carbocycles. The first-order valence-corrected chi connectivity index (χ1v) is 10.1. The van der Waals surface area contributed by atoms with E-state index < -0.39 is 42.2 Å². The van der Waals surface area contributed by atoms with Crippen LogP contribution < -0.4 is 4.74 Å². The normalized spacial score (nSPS) is 29.9. The second-order valence-electron chi connectivity index (χ2n) is 7.85. The van der Waals surface area contributed by atoms with Crippen LogP contribution in [0.15, 0.2) is 24.4 Å². The molecule has 3 heterocycles. The van der Waals surface area contributed by atoms with Gasteiger partial charge < -0.3 is 28.8 Å². The lowest BCUT2D eigenvalue weighted by atomic mass is 9.91. The number of aromatic nitrogens is 3. The second-order valence-corrected chi connectivity index (χ2v) is 8.26. The molecule has 1 aromatic carbocycles. The van der Waals surface area contributed by atoms with Crippen molar-refractivity contribution >= 4 is 17.6 Å². The Morgan fingerprint density at radius 2 is 2.13 bits per heavy atom. The Balaban J connectivity index is 1.73. The number of methoxy groups -OCH3 is 2. The van der Waals surface area contributed by atoms with Crippen molar-refractivity contribution in [2.75, 3.05) is 20.8 Å². The number of halogens is 1. The van der Waals surface area contributed by atoms with Crippen LogP contribution in [0.25, 0.3) is 11.3 Å². The van der Waals surface area contributed by atoms with E-state index in [0.717, 1.165) is 5.56 Å². The molecule has 0 spiro atoms. The maximum Gasteiger partial charge on any atom is 0.335 e. The van der Waals surface area contributed by atoms with Gasteiger partial charge in [-0.3, -0.25) is 0 Å². The van der Waals surface area contributed by atoms with Crippen molar-refractivity contribution in [3.05, 3.63) is 29.4 Å². The molecule has 5 atom stereocenters. The lowest BCUT2D eigenvalue weighted by Crippen LogP contribution is -2.64. The highest BCUT2D eigenvalue weighted by Gasteiger charge is 2.54. The molecular weight excluding hydrogens is 430 g/mol. The van der Waals surface area contributed by atoms with Crippen molar-refractivity contribution in [3.63, 3.8) is 0 Å². The lowest BCUT2D eigenvalue weighted by molar-refractivity contribution is -0.347. The Labute approximate surface area is 183 Å². The first-order valence-electron chi connectivity index (χ1n) is 9.72. The molecule has 168 valence electrons. The largest absolute Gasteiger partial charge is 0.495 e. The molecule has 1 N–H and O–H groups in total. The summed E-state index contributed by atoms with van der Waals surface area (Å²) in [5, 5.41) is 18.7. The number of carbonyl (C=O) groups is 1. The zero-order valence-electron chi connectivity index (χ0n) is 17.5. The molecule has 1 aromatic heterocycles. The highest BCUT2D eigenvalue weighted by atomic mass is 35.5. The Kier molecular flexibility index (Phi) is 5.93. The summed E-state index contributed by atoms with van der Waals surface area (Å²) in [4.78, 5) is 11.9. The van der Waals surface area contributed by atoms with Gasteiger partial charge in [-0.25, -0.2) is 9.48 Å². The third kappa shape index (κ3) is 4.13. The molecule has 2 aliphatic heterocycles. The summed E-state index contributed by atoms with van der Waals surface area (Å²) in [6.07, 6.45) is -1.52. The van der Waals surface area contributed by atoms with Crippen molar-refractivity contribution in [1.82, 2.24) is 15.0 Å². The van der Waals surface area contributed by atoms with Gasteiger partial charge in [-0.1, -0.05) is 22.9 Å². The summed E-state index contributed by atoms with van der Waals surface area (Å²) in [7, 11) is 2.97. The molecular formula is C20H24ClN3O7. The van der Waals surface area contributed by atoms with Crippen molar-refractivity contribution in [2.24, 2.45) is 0 Å². The van der Waals surface area contributed by atoms with Crippen molar-refractivity contribution < 1.29 is 33.6 Å². The van der Waals surface area contributed by atoms with Crippen LogP contribution in [0, 0.1) is 0 Å². The molecule has 10 nitrogen and oxygen atoms in total. The average molecular weight is 454 g/mol. The number of nitrogens with zero attached hydrogens (tertiary/aromatic N) is 3. The monoisotopic (exact) mass is 453 g/mol. The maximum absolute atomic E-state index is 11.9. The number of carboxylic acid groups (broad SMARTS) is 1. The van der Waals surface area contributed by atoms with Gasteiger partial charge in [-0.2, -0.15) is 0 Å². The van der Waals surface area contributed by atoms with Crippen molar-refractivity contribution in [1.29, 1.82) is 0 Å². The standard InChI is InChI=1S/C20H24ClN3O7/c1-20(2)29-9-14-16(31-20)15(17(28-4)18(30-14)19(25)26)24-8-12(22-23-24)10-5-6-11(21)13(7-10)27-3/h5-8,14-18H,9H2,1-4H3,(H,25,26)/t14-,15+,16+,17-,18-/m1/s1. The molecule has 0 radical (unpaired) electrons. The topological polar surface area (TPSA) is 114 Å².